The summed E-state index contributed by atoms with van der Waals surface area (Å²) in [6.07, 6.45) is 1.92. The largest absolute Gasteiger partial charge is 0.508 e. The third-order valence-corrected chi connectivity index (χ3v) is 6.79. The van der Waals surface area contributed by atoms with Crippen molar-refractivity contribution in [3.63, 3.8) is 0 Å². The topological polar surface area (TPSA) is 148 Å². The van der Waals surface area contributed by atoms with Gasteiger partial charge in [0.25, 0.3) is 5.91 Å². The minimum absolute atomic E-state index is 0.0302. The molecule has 2 heterocycles. The van der Waals surface area contributed by atoms with Gasteiger partial charge in [-0.05, 0) is 62.6 Å². The lowest BCUT2D eigenvalue weighted by molar-refractivity contribution is -0.118. The van der Waals surface area contributed by atoms with Crippen LogP contribution in [0.25, 0.3) is 0 Å². The molecule has 3 aromatic rings. The molecule has 0 fully saturated rings. The Morgan fingerprint density at radius 2 is 1.57 bits per heavy atom. The van der Waals surface area contributed by atoms with Crippen LogP contribution in [-0.2, 0) is 15.1 Å². The molecular formula is C28H26N2O7. The van der Waals surface area contributed by atoms with Crippen molar-refractivity contribution < 1.29 is 34.1 Å². The molecule has 2 aliphatic heterocycles. The predicted molar refractivity (Wildman–Crippen MR) is 133 cm³/mol. The van der Waals surface area contributed by atoms with Crippen molar-refractivity contribution in [1.29, 1.82) is 0 Å². The molecule has 5 rings (SSSR count). The van der Waals surface area contributed by atoms with Crippen LogP contribution in [0.2, 0.25) is 0 Å². The third kappa shape index (κ3) is 4.17. The quantitative estimate of drug-likeness (QED) is 0.283. The van der Waals surface area contributed by atoms with Gasteiger partial charge in [0, 0.05) is 40.9 Å². The Kier molecular flexibility index (Phi) is 6.08. The first-order valence-corrected chi connectivity index (χ1v) is 12.0. The number of unbranched alkanes of at least 4 members (excludes halogenated alkanes) is 1. The van der Waals surface area contributed by atoms with Gasteiger partial charge < -0.3 is 30.7 Å². The number of phenolic OH excluding ortho intramolecular Hbond substituents is 2. The van der Waals surface area contributed by atoms with E-state index in [1.807, 2.05) is 0 Å². The normalized spacial score (nSPS) is 15.1. The molecule has 0 unspecified atom stereocenters. The Balaban J connectivity index is 1.44. The van der Waals surface area contributed by atoms with E-state index >= 15 is 0 Å². The Hall–Kier alpha value is -4.37. The molecule has 5 N–H and O–H groups in total. The highest BCUT2D eigenvalue weighted by atomic mass is 16.6. The minimum Gasteiger partial charge on any atom is -0.508 e. The van der Waals surface area contributed by atoms with Crippen molar-refractivity contribution in [2.75, 3.05) is 6.54 Å². The second-order valence-electron chi connectivity index (χ2n) is 9.26. The second-order valence-corrected chi connectivity index (χ2v) is 9.26. The highest BCUT2D eigenvalue weighted by molar-refractivity contribution is 6.01. The maximum atomic E-state index is 13.2. The monoisotopic (exact) mass is 502 g/mol. The fourth-order valence-corrected chi connectivity index (χ4v) is 4.84. The number of hydrogen-bond acceptors (Lipinski definition) is 8. The number of ketones is 1. The number of fused-ring (bicyclic) bond motifs is 6. The molecule has 2 aliphatic rings. The molecule has 9 heteroatoms. The van der Waals surface area contributed by atoms with Gasteiger partial charge >= 0.3 is 5.97 Å². The maximum absolute atomic E-state index is 13.2. The number of hydrogen-bond donors (Lipinski definition) is 4. The number of esters is 1. The molecule has 1 amide bonds. The molecule has 0 saturated carbocycles. The molecule has 0 aromatic heterocycles. The summed E-state index contributed by atoms with van der Waals surface area (Å²) >= 11 is 0. The molecule has 1 spiro atoms. The number of Topliss-reactive ketones (excluding diaryl/α,β-unsaturated/α-hetero) is 1. The summed E-state index contributed by atoms with van der Waals surface area (Å²) in [6.45, 7) is 1.86. The molecule has 0 saturated heterocycles. The average molecular weight is 503 g/mol. The van der Waals surface area contributed by atoms with Gasteiger partial charge in [0.2, 0.25) is 0 Å². The van der Waals surface area contributed by atoms with Crippen LogP contribution in [0, 0.1) is 0 Å². The van der Waals surface area contributed by atoms with E-state index in [0.29, 0.717) is 48.1 Å². The van der Waals surface area contributed by atoms with Crippen molar-refractivity contribution >= 4 is 17.7 Å². The van der Waals surface area contributed by atoms with Gasteiger partial charge in [-0.2, -0.15) is 0 Å². The summed E-state index contributed by atoms with van der Waals surface area (Å²) < 4.78 is 12.0. The Bertz CT molecular complexity index is 1380. The van der Waals surface area contributed by atoms with Crippen molar-refractivity contribution in [3.05, 3.63) is 82.4 Å². The molecule has 0 radical (unpaired) electrons. The maximum Gasteiger partial charge on any atom is 0.340 e. The van der Waals surface area contributed by atoms with Crippen molar-refractivity contribution in [1.82, 2.24) is 5.32 Å². The first kappa shape index (κ1) is 24.3. The summed E-state index contributed by atoms with van der Waals surface area (Å²) in [7, 11) is 0. The fraction of sp³-hybridized carbons (Fsp3) is 0.250. The lowest BCUT2D eigenvalue weighted by Crippen LogP contribution is -2.33. The minimum atomic E-state index is -1.37. The van der Waals surface area contributed by atoms with Gasteiger partial charge in [0.1, 0.15) is 28.8 Å². The number of carbonyl (C=O) groups is 3. The first-order valence-electron chi connectivity index (χ1n) is 12.0. The lowest BCUT2D eigenvalue weighted by atomic mass is 9.77. The van der Waals surface area contributed by atoms with Gasteiger partial charge in [-0.15, -0.1) is 0 Å². The molecule has 9 nitrogen and oxygen atoms in total. The van der Waals surface area contributed by atoms with Crippen LogP contribution in [0.5, 0.6) is 23.0 Å². The summed E-state index contributed by atoms with van der Waals surface area (Å²) in [5, 5.41) is 22.9. The number of benzene rings is 3. The summed E-state index contributed by atoms with van der Waals surface area (Å²) in [4.78, 5) is 37.2. The molecule has 37 heavy (non-hydrogen) atoms. The van der Waals surface area contributed by atoms with Crippen LogP contribution in [0.1, 0.15) is 63.6 Å². The molecule has 0 aliphatic carbocycles. The number of phenols is 2. The lowest BCUT2D eigenvalue weighted by Gasteiger charge is -2.36. The van der Waals surface area contributed by atoms with Crippen LogP contribution in [0.15, 0.2) is 54.6 Å². The van der Waals surface area contributed by atoms with Crippen LogP contribution in [-0.4, -0.2) is 40.5 Å². The van der Waals surface area contributed by atoms with Crippen LogP contribution in [0.4, 0.5) is 0 Å². The zero-order chi connectivity index (χ0) is 26.3. The molecule has 1 atom stereocenters. The van der Waals surface area contributed by atoms with Gasteiger partial charge in [-0.25, -0.2) is 4.79 Å². The average Bonchev–Trinajstić information content (AvgIpc) is 3.15. The predicted octanol–water partition coefficient (Wildman–Crippen LogP) is 3.48. The Morgan fingerprint density at radius 3 is 2.19 bits per heavy atom. The van der Waals surface area contributed by atoms with E-state index in [1.54, 1.807) is 24.3 Å². The van der Waals surface area contributed by atoms with Gasteiger partial charge in [0.15, 0.2) is 5.60 Å². The smallest absolute Gasteiger partial charge is 0.340 e. The fourth-order valence-electron chi connectivity index (χ4n) is 4.84. The van der Waals surface area contributed by atoms with E-state index in [4.69, 9.17) is 15.2 Å². The number of rotatable bonds is 7. The summed E-state index contributed by atoms with van der Waals surface area (Å²) in [5.74, 6) is -0.502. The van der Waals surface area contributed by atoms with E-state index in [9.17, 15) is 24.6 Å². The standard InChI is InChI=1S/C28H26N2O7/c1-15(31)23(29)4-2-3-11-30-26(34)16-5-8-20-19(12-16)27(35)37-28(20)21-9-6-17(32)13-24(21)36-25-14-18(33)7-10-22(25)28/h5-10,12-14,23,32-33H,2-4,11,29H2,1H3,(H,30,34)/t23-/m0/s1. The third-order valence-electron chi connectivity index (χ3n) is 6.79. The molecule has 0 bridgehead atoms. The van der Waals surface area contributed by atoms with E-state index in [1.165, 1.54) is 37.3 Å². The number of nitrogens with two attached hydrogens (primary N) is 1. The highest BCUT2D eigenvalue weighted by Gasteiger charge is 2.53. The van der Waals surface area contributed by atoms with Crippen LogP contribution in [0.3, 0.4) is 0 Å². The summed E-state index contributed by atoms with van der Waals surface area (Å²) in [6, 6.07) is 13.4. The van der Waals surface area contributed by atoms with Crippen molar-refractivity contribution in [2.45, 2.75) is 37.8 Å². The van der Waals surface area contributed by atoms with Crippen molar-refractivity contribution in [2.24, 2.45) is 5.73 Å². The van der Waals surface area contributed by atoms with Crippen molar-refractivity contribution in [3.8, 4) is 23.0 Å². The van der Waals surface area contributed by atoms with Gasteiger partial charge in [0.05, 0.1) is 11.6 Å². The first-order chi connectivity index (χ1) is 17.7. The second kappa shape index (κ2) is 9.25. The molecule has 3 aromatic carbocycles. The SMILES string of the molecule is CC(=O)[C@@H](N)CCCCNC(=O)c1ccc2c(c1)C(=O)OC21c2ccc(O)cc2Oc2cc(O)ccc21. The van der Waals surface area contributed by atoms with Gasteiger partial charge in [-0.1, -0.05) is 6.07 Å². The molecular weight excluding hydrogens is 476 g/mol. The van der Waals surface area contributed by atoms with Crippen LogP contribution >= 0.6 is 0 Å². The number of nitrogens with one attached hydrogen (secondary N) is 1. The highest BCUT2D eigenvalue weighted by Crippen LogP contribution is 2.57. The Labute approximate surface area is 212 Å². The number of aromatic hydroxyl groups is 2. The zero-order valence-corrected chi connectivity index (χ0v) is 20.1. The van der Waals surface area contributed by atoms with Gasteiger partial charge in [-0.3, -0.25) is 9.59 Å². The van der Waals surface area contributed by atoms with E-state index in [-0.39, 0.29) is 40.3 Å². The van der Waals surface area contributed by atoms with E-state index < -0.39 is 17.6 Å². The van der Waals surface area contributed by atoms with E-state index in [0.717, 1.165) is 0 Å². The van der Waals surface area contributed by atoms with E-state index in [2.05, 4.69) is 5.32 Å². The zero-order valence-electron chi connectivity index (χ0n) is 20.1. The Morgan fingerprint density at radius 1 is 0.946 bits per heavy atom. The molecule has 190 valence electrons. The summed E-state index contributed by atoms with van der Waals surface area (Å²) in [5.41, 5.74) is 6.44. The number of amides is 1. The number of carbonyl (C=O) groups excluding carboxylic acids is 3. The number of ether oxygens (including phenoxy) is 2. The van der Waals surface area contributed by atoms with Crippen LogP contribution < -0.4 is 15.8 Å².